The largest absolute Gasteiger partial charge is 0.370 e. The third kappa shape index (κ3) is 2.72. The summed E-state index contributed by atoms with van der Waals surface area (Å²) in [5.41, 5.74) is 7.00. The maximum absolute atomic E-state index is 6.02. The zero-order valence-electron chi connectivity index (χ0n) is 10.1. The molecule has 17 heavy (non-hydrogen) atoms. The van der Waals surface area contributed by atoms with Crippen LogP contribution in [-0.4, -0.2) is 18.5 Å². The van der Waals surface area contributed by atoms with Crippen LogP contribution in [0.2, 0.25) is 5.02 Å². The third-order valence-electron chi connectivity index (χ3n) is 3.05. The number of nitrogens with two attached hydrogens (primary N) is 1. The van der Waals surface area contributed by atoms with Gasteiger partial charge in [-0.25, -0.2) is 0 Å². The average molecular weight is 252 g/mol. The normalized spacial score (nSPS) is 19.5. The molecule has 0 bridgehead atoms. The first-order chi connectivity index (χ1) is 8.22. The van der Waals surface area contributed by atoms with Crippen LogP contribution in [0, 0.1) is 0 Å². The molecule has 1 heterocycles. The number of benzene rings is 1. The molecular weight excluding hydrogens is 234 g/mol. The minimum Gasteiger partial charge on any atom is -0.370 e. The Kier molecular flexibility index (Phi) is 3.89. The number of hydrogen-bond donors (Lipinski definition) is 1. The van der Waals surface area contributed by atoms with Gasteiger partial charge < -0.3 is 10.6 Å². The lowest BCUT2D eigenvalue weighted by Crippen LogP contribution is -2.40. The van der Waals surface area contributed by atoms with E-state index in [0.717, 1.165) is 23.7 Å². The first kappa shape index (κ1) is 12.2. The molecule has 0 radical (unpaired) electrons. The molecule has 92 valence electrons. The summed E-state index contributed by atoms with van der Waals surface area (Å²) in [6.45, 7) is 2.99. The van der Waals surface area contributed by atoms with Gasteiger partial charge in [-0.3, -0.25) is 4.99 Å². The van der Waals surface area contributed by atoms with E-state index in [1.807, 2.05) is 24.3 Å². The number of aliphatic imine (C=N–C) groups is 1. The molecule has 0 aromatic heterocycles. The van der Waals surface area contributed by atoms with Gasteiger partial charge in [0.25, 0.3) is 0 Å². The van der Waals surface area contributed by atoms with E-state index in [4.69, 9.17) is 17.3 Å². The molecule has 0 aliphatic carbocycles. The summed E-state index contributed by atoms with van der Waals surface area (Å²) < 4.78 is 0. The van der Waals surface area contributed by atoms with Crippen LogP contribution in [-0.2, 0) is 0 Å². The lowest BCUT2D eigenvalue weighted by molar-refractivity contribution is 0.600. The molecule has 0 amide bonds. The number of nitrogens with zero attached hydrogens (tertiary/aromatic N) is 2. The van der Waals surface area contributed by atoms with Crippen LogP contribution >= 0.6 is 11.6 Å². The standard InChI is InChI=1S/C13H18ClN3/c1-2-3-6-12-9-16-13(15)17(12)11-7-4-5-10(14)8-11/h4-5,7-8,12H,2-3,6,9H2,1H3,(H2,15,16). The van der Waals surface area contributed by atoms with Crippen LogP contribution in [0.4, 0.5) is 5.69 Å². The maximum Gasteiger partial charge on any atom is 0.196 e. The molecule has 1 atom stereocenters. The van der Waals surface area contributed by atoms with Gasteiger partial charge in [0.2, 0.25) is 0 Å². The van der Waals surface area contributed by atoms with E-state index in [-0.39, 0.29) is 0 Å². The summed E-state index contributed by atoms with van der Waals surface area (Å²) in [5.74, 6) is 0.605. The zero-order chi connectivity index (χ0) is 12.3. The van der Waals surface area contributed by atoms with Crippen LogP contribution in [0.25, 0.3) is 0 Å². The molecule has 2 N–H and O–H groups in total. The molecule has 0 spiro atoms. The lowest BCUT2D eigenvalue weighted by Gasteiger charge is -2.26. The van der Waals surface area contributed by atoms with Gasteiger partial charge in [0.1, 0.15) is 0 Å². The maximum atomic E-state index is 6.02. The predicted octanol–water partition coefficient (Wildman–Crippen LogP) is 3.03. The van der Waals surface area contributed by atoms with Crippen LogP contribution in [0.3, 0.4) is 0 Å². The van der Waals surface area contributed by atoms with Crippen molar-refractivity contribution in [3.63, 3.8) is 0 Å². The molecule has 1 aromatic rings. The van der Waals surface area contributed by atoms with Gasteiger partial charge in [0.15, 0.2) is 5.96 Å². The molecule has 1 aliphatic rings. The Bertz CT molecular complexity index is 417. The van der Waals surface area contributed by atoms with Gasteiger partial charge in [-0.05, 0) is 24.6 Å². The predicted molar refractivity (Wildman–Crippen MR) is 73.7 cm³/mol. The average Bonchev–Trinajstić information content (AvgIpc) is 2.68. The summed E-state index contributed by atoms with van der Waals surface area (Å²) in [6, 6.07) is 8.16. The van der Waals surface area contributed by atoms with Gasteiger partial charge in [0.05, 0.1) is 12.6 Å². The quantitative estimate of drug-likeness (QED) is 0.894. The highest BCUT2D eigenvalue weighted by Gasteiger charge is 2.26. The number of anilines is 1. The summed E-state index contributed by atoms with van der Waals surface area (Å²) in [5, 5.41) is 0.733. The smallest absolute Gasteiger partial charge is 0.196 e. The molecule has 4 heteroatoms. The number of hydrogen-bond acceptors (Lipinski definition) is 3. The molecule has 1 aliphatic heterocycles. The molecule has 3 nitrogen and oxygen atoms in total. The first-order valence-electron chi connectivity index (χ1n) is 6.07. The van der Waals surface area contributed by atoms with Crippen molar-refractivity contribution in [1.82, 2.24) is 0 Å². The van der Waals surface area contributed by atoms with Crippen molar-refractivity contribution >= 4 is 23.2 Å². The highest BCUT2D eigenvalue weighted by molar-refractivity contribution is 6.30. The Balaban J connectivity index is 2.18. The van der Waals surface area contributed by atoms with Crippen molar-refractivity contribution in [3.8, 4) is 0 Å². The fourth-order valence-corrected chi connectivity index (χ4v) is 2.36. The van der Waals surface area contributed by atoms with Crippen molar-refractivity contribution in [2.45, 2.75) is 32.2 Å². The number of guanidine groups is 1. The minimum atomic E-state index is 0.383. The second kappa shape index (κ2) is 5.41. The zero-order valence-corrected chi connectivity index (χ0v) is 10.8. The molecule has 0 fully saturated rings. The van der Waals surface area contributed by atoms with E-state index in [1.165, 1.54) is 12.8 Å². The van der Waals surface area contributed by atoms with Gasteiger partial charge in [-0.1, -0.05) is 37.4 Å². The second-order valence-corrected chi connectivity index (χ2v) is 4.78. The van der Waals surface area contributed by atoms with Gasteiger partial charge in [-0.15, -0.1) is 0 Å². The fourth-order valence-electron chi connectivity index (χ4n) is 2.17. The Morgan fingerprint density at radius 2 is 2.35 bits per heavy atom. The molecular formula is C13H18ClN3. The molecule has 0 saturated heterocycles. The Hall–Kier alpha value is -1.22. The molecule has 1 unspecified atom stereocenters. The van der Waals surface area contributed by atoms with Crippen molar-refractivity contribution < 1.29 is 0 Å². The van der Waals surface area contributed by atoms with Crippen LogP contribution < -0.4 is 10.6 Å². The summed E-state index contributed by atoms with van der Waals surface area (Å²) in [4.78, 5) is 6.43. The lowest BCUT2D eigenvalue weighted by atomic mass is 10.1. The third-order valence-corrected chi connectivity index (χ3v) is 3.29. The van der Waals surface area contributed by atoms with Crippen molar-refractivity contribution in [3.05, 3.63) is 29.3 Å². The molecule has 2 rings (SSSR count). The topological polar surface area (TPSA) is 41.6 Å². The Morgan fingerprint density at radius 1 is 1.53 bits per heavy atom. The SMILES string of the molecule is CCCCC1CN=C(N)N1c1cccc(Cl)c1. The van der Waals surface area contributed by atoms with Gasteiger partial charge in [-0.2, -0.15) is 0 Å². The van der Waals surface area contributed by atoms with E-state index in [2.05, 4.69) is 16.8 Å². The molecule has 0 saturated carbocycles. The van der Waals surface area contributed by atoms with E-state index < -0.39 is 0 Å². The van der Waals surface area contributed by atoms with E-state index in [1.54, 1.807) is 0 Å². The Morgan fingerprint density at radius 3 is 3.06 bits per heavy atom. The van der Waals surface area contributed by atoms with Crippen molar-refractivity contribution in [2.24, 2.45) is 10.7 Å². The summed E-state index contributed by atoms with van der Waals surface area (Å²) in [7, 11) is 0. The van der Waals surface area contributed by atoms with Gasteiger partial charge >= 0.3 is 0 Å². The van der Waals surface area contributed by atoms with E-state index in [0.29, 0.717) is 12.0 Å². The van der Waals surface area contributed by atoms with Crippen LogP contribution in [0.15, 0.2) is 29.3 Å². The summed E-state index contributed by atoms with van der Waals surface area (Å²) >= 11 is 6.02. The van der Waals surface area contributed by atoms with Crippen molar-refractivity contribution in [1.29, 1.82) is 0 Å². The number of unbranched alkanes of at least 4 members (excludes halogenated alkanes) is 1. The second-order valence-electron chi connectivity index (χ2n) is 4.34. The van der Waals surface area contributed by atoms with Crippen LogP contribution in [0.1, 0.15) is 26.2 Å². The van der Waals surface area contributed by atoms with Crippen molar-refractivity contribution in [2.75, 3.05) is 11.4 Å². The summed E-state index contributed by atoms with van der Waals surface area (Å²) in [6.07, 6.45) is 3.51. The minimum absolute atomic E-state index is 0.383. The Labute approximate surface area is 107 Å². The molecule has 1 aromatic carbocycles. The fraction of sp³-hybridized carbons (Fsp3) is 0.462. The van der Waals surface area contributed by atoms with Crippen LogP contribution in [0.5, 0.6) is 0 Å². The highest BCUT2D eigenvalue weighted by Crippen LogP contribution is 2.25. The monoisotopic (exact) mass is 251 g/mol. The van der Waals surface area contributed by atoms with E-state index >= 15 is 0 Å². The first-order valence-corrected chi connectivity index (χ1v) is 6.45. The number of rotatable bonds is 4. The van der Waals surface area contributed by atoms with Gasteiger partial charge in [0, 0.05) is 10.7 Å². The van der Waals surface area contributed by atoms with E-state index in [9.17, 15) is 0 Å². The number of halogens is 1. The highest BCUT2D eigenvalue weighted by atomic mass is 35.5.